The molecule has 2 heterocycles. The summed E-state index contributed by atoms with van der Waals surface area (Å²) < 4.78 is 34.6. The van der Waals surface area contributed by atoms with Crippen molar-refractivity contribution >= 4 is 27.3 Å². The fraction of sp³-hybridized carbons (Fsp3) is 0.222. The van der Waals surface area contributed by atoms with Crippen LogP contribution in [0.1, 0.15) is 18.7 Å². The van der Waals surface area contributed by atoms with Crippen LogP contribution in [0.25, 0.3) is 22.5 Å². The van der Waals surface area contributed by atoms with Gasteiger partial charge in [-0.15, -0.1) is 0 Å². The number of benzene rings is 3. The Kier molecular flexibility index (Phi) is 6.98. The molecule has 1 aliphatic rings. The summed E-state index contributed by atoms with van der Waals surface area (Å²) >= 11 is 0. The van der Waals surface area contributed by atoms with Gasteiger partial charge in [-0.05, 0) is 35.9 Å². The van der Waals surface area contributed by atoms with Crippen molar-refractivity contribution in [2.45, 2.75) is 30.2 Å². The summed E-state index contributed by atoms with van der Waals surface area (Å²) in [6, 6.07) is 21.0. The third kappa shape index (κ3) is 5.44. The van der Waals surface area contributed by atoms with Crippen LogP contribution in [0, 0.1) is 6.92 Å². The molecular formula is C27H27N5O5S. The van der Waals surface area contributed by atoms with Crippen LogP contribution in [-0.2, 0) is 19.6 Å². The van der Waals surface area contributed by atoms with Crippen LogP contribution >= 0.6 is 0 Å². The fourth-order valence-corrected chi connectivity index (χ4v) is 5.26. The van der Waals surface area contributed by atoms with Crippen LogP contribution in [0.5, 0.6) is 0 Å². The summed E-state index contributed by atoms with van der Waals surface area (Å²) in [5.74, 6) is 0.748. The smallest absolute Gasteiger partial charge is 0.250 e. The second-order valence-electron chi connectivity index (χ2n) is 9.11. The van der Waals surface area contributed by atoms with Crippen LogP contribution < -0.4 is 15.8 Å². The Labute approximate surface area is 220 Å². The molecule has 0 spiro atoms. The molecule has 0 unspecified atom stereocenters. The summed E-state index contributed by atoms with van der Waals surface area (Å²) in [6.07, 6.45) is 0.953. The van der Waals surface area contributed by atoms with E-state index in [-0.39, 0.29) is 10.8 Å². The molecule has 3 aromatic carbocycles. The number of sulfonamides is 1. The lowest BCUT2D eigenvalue weighted by Gasteiger charge is -2.37. The topological polar surface area (TPSA) is 149 Å². The first-order valence-electron chi connectivity index (χ1n) is 12.0. The number of nitrogens with one attached hydrogen (secondary N) is 2. The van der Waals surface area contributed by atoms with Gasteiger partial charge in [0.15, 0.2) is 0 Å². The van der Waals surface area contributed by atoms with E-state index in [1.54, 1.807) is 49.4 Å². The zero-order chi connectivity index (χ0) is 26.8. The Morgan fingerprint density at radius 1 is 0.947 bits per heavy atom. The average molecular weight is 534 g/mol. The van der Waals surface area contributed by atoms with E-state index in [1.165, 1.54) is 6.07 Å². The average Bonchev–Trinajstić information content (AvgIpc) is 3.36. The van der Waals surface area contributed by atoms with Gasteiger partial charge in [-0.1, -0.05) is 47.6 Å². The zero-order valence-electron chi connectivity index (χ0n) is 20.7. The number of ether oxygens (including phenoxy) is 1. The van der Waals surface area contributed by atoms with Crippen LogP contribution in [-0.4, -0.2) is 43.2 Å². The quantitative estimate of drug-likeness (QED) is 0.323. The number of nitrogens with zero attached hydrogens (tertiary/aromatic N) is 2. The van der Waals surface area contributed by atoms with Crippen molar-refractivity contribution in [3.8, 4) is 22.5 Å². The normalized spacial score (nSPS) is 15.1. The Morgan fingerprint density at radius 2 is 1.68 bits per heavy atom. The molecule has 1 amide bonds. The lowest BCUT2D eigenvalue weighted by atomic mass is 9.88. The maximum atomic E-state index is 13.6. The van der Waals surface area contributed by atoms with Gasteiger partial charge in [-0.3, -0.25) is 4.79 Å². The van der Waals surface area contributed by atoms with Gasteiger partial charge >= 0.3 is 0 Å². The van der Waals surface area contributed by atoms with Crippen LogP contribution in [0.2, 0.25) is 0 Å². The van der Waals surface area contributed by atoms with E-state index in [1.807, 2.05) is 24.3 Å². The highest BCUT2D eigenvalue weighted by Gasteiger charge is 2.40. The number of hydrogen-bond acceptors (Lipinski definition) is 8. The maximum absolute atomic E-state index is 13.6. The highest BCUT2D eigenvalue weighted by atomic mass is 32.2. The predicted molar refractivity (Wildman–Crippen MR) is 143 cm³/mol. The van der Waals surface area contributed by atoms with Crippen LogP contribution in [0.4, 0.5) is 11.4 Å². The molecule has 0 radical (unpaired) electrons. The van der Waals surface area contributed by atoms with Crippen LogP contribution in [0.15, 0.2) is 82.2 Å². The van der Waals surface area contributed by atoms with Crippen molar-refractivity contribution in [1.82, 2.24) is 10.1 Å². The van der Waals surface area contributed by atoms with E-state index in [0.717, 1.165) is 11.3 Å². The molecule has 1 fully saturated rings. The first-order chi connectivity index (χ1) is 18.2. The minimum atomic E-state index is -3.89. The van der Waals surface area contributed by atoms with Gasteiger partial charge in [0.05, 0.1) is 4.90 Å². The molecule has 0 aliphatic carbocycles. The van der Waals surface area contributed by atoms with E-state index in [2.05, 4.69) is 20.8 Å². The minimum absolute atomic E-state index is 0.0420. The van der Waals surface area contributed by atoms with Gasteiger partial charge < -0.3 is 19.9 Å². The second kappa shape index (κ2) is 10.4. The van der Waals surface area contributed by atoms with Gasteiger partial charge in [0.25, 0.3) is 0 Å². The molecule has 1 aliphatic heterocycles. The largest absolute Gasteiger partial charge is 0.381 e. The number of aromatic nitrogens is 2. The fourth-order valence-electron chi connectivity index (χ4n) is 4.49. The molecule has 4 aromatic rings. The summed E-state index contributed by atoms with van der Waals surface area (Å²) in [5, 5.41) is 15.8. The first-order valence-corrected chi connectivity index (χ1v) is 13.6. The molecular weight excluding hydrogens is 506 g/mol. The predicted octanol–water partition coefficient (Wildman–Crippen LogP) is 3.96. The Bertz CT molecular complexity index is 1560. The molecule has 0 atom stereocenters. The SMILES string of the molecule is Cc1nc(-c2cccc(NC3(C(=O)Nc4ccc(-c5ccccc5S(N)(=O)=O)cc4)CCOCC3)c2)no1. The Hall–Kier alpha value is -4.06. The van der Waals surface area contributed by atoms with Gasteiger partial charge in [-0.25, -0.2) is 13.6 Å². The zero-order valence-corrected chi connectivity index (χ0v) is 21.5. The number of aryl methyl sites for hydroxylation is 1. The Balaban J connectivity index is 1.37. The van der Waals surface area contributed by atoms with Crippen molar-refractivity contribution in [3.05, 3.63) is 78.7 Å². The number of primary sulfonamides is 1. The molecule has 11 heteroatoms. The lowest BCUT2D eigenvalue weighted by Crippen LogP contribution is -2.53. The third-order valence-electron chi connectivity index (χ3n) is 6.46. The van der Waals surface area contributed by atoms with E-state index < -0.39 is 15.6 Å². The molecule has 196 valence electrons. The summed E-state index contributed by atoms with van der Waals surface area (Å²) in [7, 11) is -3.89. The molecule has 4 N–H and O–H groups in total. The number of anilines is 2. The van der Waals surface area contributed by atoms with Crippen molar-refractivity contribution in [2.75, 3.05) is 23.8 Å². The van der Waals surface area contributed by atoms with Gasteiger partial charge in [-0.2, -0.15) is 4.98 Å². The van der Waals surface area contributed by atoms with Crippen molar-refractivity contribution in [1.29, 1.82) is 0 Å². The van der Waals surface area contributed by atoms with Gasteiger partial charge in [0, 0.05) is 55.5 Å². The molecule has 38 heavy (non-hydrogen) atoms. The lowest BCUT2D eigenvalue weighted by molar-refractivity contribution is -0.123. The van der Waals surface area contributed by atoms with E-state index in [4.69, 9.17) is 14.4 Å². The summed E-state index contributed by atoms with van der Waals surface area (Å²) in [4.78, 5) is 17.9. The number of nitrogens with two attached hydrogens (primary N) is 1. The first kappa shape index (κ1) is 25.6. The number of rotatable bonds is 7. The maximum Gasteiger partial charge on any atom is 0.250 e. The molecule has 5 rings (SSSR count). The van der Waals surface area contributed by atoms with E-state index in [0.29, 0.717) is 54.6 Å². The number of carbonyl (C=O) groups excluding carboxylic acids is 1. The van der Waals surface area contributed by atoms with Gasteiger partial charge in [0.2, 0.25) is 27.6 Å². The second-order valence-corrected chi connectivity index (χ2v) is 10.6. The van der Waals surface area contributed by atoms with E-state index >= 15 is 0 Å². The van der Waals surface area contributed by atoms with Gasteiger partial charge in [0.1, 0.15) is 5.54 Å². The number of hydrogen-bond donors (Lipinski definition) is 3. The van der Waals surface area contributed by atoms with Crippen LogP contribution in [0.3, 0.4) is 0 Å². The molecule has 0 bridgehead atoms. The summed E-state index contributed by atoms with van der Waals surface area (Å²) in [5.41, 5.74) is 2.35. The molecule has 0 saturated carbocycles. The standard InChI is InChI=1S/C27H27N5O5S/c1-18-29-25(32-37-18)20-5-4-6-22(17-20)31-27(13-15-36-16-14-27)26(33)30-21-11-9-19(10-12-21)23-7-2-3-8-24(23)38(28,34)35/h2-12,17,31H,13-16H2,1H3,(H,30,33)(H2,28,34,35). The highest BCUT2D eigenvalue weighted by Crippen LogP contribution is 2.31. The van der Waals surface area contributed by atoms with Crippen molar-refractivity contribution in [2.24, 2.45) is 5.14 Å². The monoisotopic (exact) mass is 533 g/mol. The van der Waals surface area contributed by atoms with Crippen molar-refractivity contribution in [3.63, 3.8) is 0 Å². The number of carbonyl (C=O) groups is 1. The van der Waals surface area contributed by atoms with E-state index in [9.17, 15) is 13.2 Å². The molecule has 10 nitrogen and oxygen atoms in total. The highest BCUT2D eigenvalue weighted by molar-refractivity contribution is 7.89. The third-order valence-corrected chi connectivity index (χ3v) is 7.43. The molecule has 1 saturated heterocycles. The number of amides is 1. The minimum Gasteiger partial charge on any atom is -0.381 e. The van der Waals surface area contributed by atoms with Crippen molar-refractivity contribution < 1.29 is 22.5 Å². The summed E-state index contributed by atoms with van der Waals surface area (Å²) in [6.45, 7) is 2.60. The Morgan fingerprint density at radius 3 is 2.37 bits per heavy atom. The molecule has 1 aromatic heterocycles.